The van der Waals surface area contributed by atoms with Crippen LogP contribution in [0.1, 0.15) is 47.0 Å². The smallest absolute Gasteiger partial charge is 0.220 e. The number of nitrogens with two attached hydrogens (primary N) is 1. The Hall–Kier alpha value is -1.01. The van der Waals surface area contributed by atoms with Crippen molar-refractivity contribution in [2.45, 2.75) is 53.0 Å². The Balaban J connectivity index is 4.08. The summed E-state index contributed by atoms with van der Waals surface area (Å²) >= 11 is 0. The number of terminal acetylenes is 1. The Morgan fingerprint density at radius 1 is 1.41 bits per heavy atom. The van der Waals surface area contributed by atoms with Crippen LogP contribution in [0.15, 0.2) is 0 Å². The molecule has 0 radical (unpaired) electrons. The number of carbonyl (C=O) groups is 1. The fourth-order valence-corrected chi connectivity index (χ4v) is 1.61. The van der Waals surface area contributed by atoms with Crippen LogP contribution in [0.4, 0.5) is 0 Å². The third-order valence-corrected chi connectivity index (χ3v) is 3.01. The molecule has 3 nitrogen and oxygen atoms in total. The summed E-state index contributed by atoms with van der Waals surface area (Å²) in [5.74, 6) is 2.90. The van der Waals surface area contributed by atoms with Crippen molar-refractivity contribution >= 4 is 5.91 Å². The number of hydrogen-bond donors (Lipinski definition) is 2. The second-order valence-corrected chi connectivity index (χ2v) is 5.66. The van der Waals surface area contributed by atoms with E-state index in [1.54, 1.807) is 0 Å². The van der Waals surface area contributed by atoms with Crippen LogP contribution in [-0.4, -0.2) is 18.5 Å². The van der Waals surface area contributed by atoms with Gasteiger partial charge < -0.3 is 11.1 Å². The molecule has 3 N–H and O–H groups in total. The summed E-state index contributed by atoms with van der Waals surface area (Å²) in [6.45, 7) is 8.93. The van der Waals surface area contributed by atoms with Gasteiger partial charge in [0.05, 0.1) is 6.04 Å². The fraction of sp³-hybridized carbons (Fsp3) is 0.786. The highest BCUT2D eigenvalue weighted by Crippen LogP contribution is 2.25. The van der Waals surface area contributed by atoms with Crippen molar-refractivity contribution < 1.29 is 4.79 Å². The topological polar surface area (TPSA) is 55.1 Å². The molecule has 3 heteroatoms. The summed E-state index contributed by atoms with van der Waals surface area (Å²) in [4.78, 5) is 11.7. The Morgan fingerprint density at radius 2 is 2.00 bits per heavy atom. The van der Waals surface area contributed by atoms with Crippen molar-refractivity contribution in [3.63, 3.8) is 0 Å². The lowest BCUT2D eigenvalue weighted by atomic mass is 9.84. The van der Waals surface area contributed by atoms with Gasteiger partial charge in [-0.25, -0.2) is 0 Å². The summed E-state index contributed by atoms with van der Waals surface area (Å²) < 4.78 is 0. The van der Waals surface area contributed by atoms with Gasteiger partial charge in [0.2, 0.25) is 5.91 Å². The molecule has 1 unspecified atom stereocenters. The third kappa shape index (κ3) is 7.01. The van der Waals surface area contributed by atoms with Gasteiger partial charge in [0.25, 0.3) is 0 Å². The highest BCUT2D eigenvalue weighted by atomic mass is 16.1. The van der Waals surface area contributed by atoms with E-state index in [-0.39, 0.29) is 23.3 Å². The van der Waals surface area contributed by atoms with Crippen molar-refractivity contribution in [3.05, 3.63) is 0 Å². The summed E-state index contributed by atoms with van der Waals surface area (Å²) in [5.41, 5.74) is 5.66. The molecule has 0 aromatic rings. The number of amides is 1. The van der Waals surface area contributed by atoms with E-state index in [0.717, 1.165) is 12.8 Å². The predicted molar refractivity (Wildman–Crippen MR) is 72.3 cm³/mol. The summed E-state index contributed by atoms with van der Waals surface area (Å²) in [6, 6.07) is -0.167. The lowest BCUT2D eigenvalue weighted by molar-refractivity contribution is -0.122. The minimum atomic E-state index is -0.167. The van der Waals surface area contributed by atoms with Gasteiger partial charge in [-0.2, -0.15) is 0 Å². The molecule has 1 amide bonds. The van der Waals surface area contributed by atoms with Gasteiger partial charge in [0.15, 0.2) is 0 Å². The quantitative estimate of drug-likeness (QED) is 0.666. The molecule has 0 saturated heterocycles. The van der Waals surface area contributed by atoms with Crippen molar-refractivity contribution in [1.29, 1.82) is 0 Å². The first-order valence-electron chi connectivity index (χ1n) is 6.28. The molecule has 0 fully saturated rings. The molecule has 17 heavy (non-hydrogen) atoms. The van der Waals surface area contributed by atoms with Crippen LogP contribution in [0.3, 0.4) is 0 Å². The first-order valence-corrected chi connectivity index (χ1v) is 6.28. The van der Waals surface area contributed by atoms with Crippen LogP contribution in [-0.2, 0) is 4.79 Å². The summed E-state index contributed by atoms with van der Waals surface area (Å²) in [5, 5.41) is 2.87. The number of rotatable bonds is 7. The number of nitrogens with one attached hydrogen (secondary N) is 1. The zero-order valence-corrected chi connectivity index (χ0v) is 11.5. The van der Waals surface area contributed by atoms with Gasteiger partial charge in [-0.1, -0.05) is 33.6 Å². The van der Waals surface area contributed by atoms with Gasteiger partial charge in [0.1, 0.15) is 0 Å². The Morgan fingerprint density at radius 3 is 2.41 bits per heavy atom. The van der Waals surface area contributed by atoms with E-state index in [0.29, 0.717) is 13.0 Å². The number of carbonyl (C=O) groups excluding carboxylic acids is 1. The highest BCUT2D eigenvalue weighted by molar-refractivity contribution is 5.76. The van der Waals surface area contributed by atoms with Crippen molar-refractivity contribution in [2.24, 2.45) is 17.1 Å². The molecule has 0 heterocycles. The van der Waals surface area contributed by atoms with Gasteiger partial charge in [-0.05, 0) is 30.7 Å². The van der Waals surface area contributed by atoms with E-state index in [2.05, 4.69) is 25.1 Å². The average molecular weight is 238 g/mol. The molecule has 98 valence electrons. The van der Waals surface area contributed by atoms with Gasteiger partial charge in [-0.3, -0.25) is 4.79 Å². The maximum absolute atomic E-state index is 11.7. The average Bonchev–Trinajstić information content (AvgIpc) is 2.22. The van der Waals surface area contributed by atoms with Crippen molar-refractivity contribution in [2.75, 3.05) is 6.54 Å². The first kappa shape index (κ1) is 16.0. The minimum absolute atomic E-state index is 0.0340. The van der Waals surface area contributed by atoms with Gasteiger partial charge in [0, 0.05) is 6.42 Å². The van der Waals surface area contributed by atoms with Crippen molar-refractivity contribution in [3.8, 4) is 12.3 Å². The lowest BCUT2D eigenvalue weighted by Gasteiger charge is -2.24. The molecule has 0 aliphatic carbocycles. The van der Waals surface area contributed by atoms with Crippen LogP contribution < -0.4 is 11.1 Å². The van der Waals surface area contributed by atoms with Gasteiger partial charge in [-0.15, -0.1) is 6.42 Å². The monoisotopic (exact) mass is 238 g/mol. The van der Waals surface area contributed by atoms with Crippen LogP contribution in [0.2, 0.25) is 0 Å². The normalized spacial score (nSPS) is 13.2. The van der Waals surface area contributed by atoms with E-state index in [1.165, 1.54) is 0 Å². The molecule has 0 bridgehead atoms. The zero-order valence-electron chi connectivity index (χ0n) is 11.5. The highest BCUT2D eigenvalue weighted by Gasteiger charge is 2.19. The molecule has 0 rings (SSSR count). The maximum atomic E-state index is 11.7. The van der Waals surface area contributed by atoms with E-state index < -0.39 is 0 Å². The van der Waals surface area contributed by atoms with E-state index >= 15 is 0 Å². The number of hydrogen-bond acceptors (Lipinski definition) is 2. The second-order valence-electron chi connectivity index (χ2n) is 5.66. The van der Waals surface area contributed by atoms with E-state index in [4.69, 9.17) is 12.2 Å². The molecule has 0 aliphatic rings. The van der Waals surface area contributed by atoms with Crippen molar-refractivity contribution in [1.82, 2.24) is 5.32 Å². The Labute approximate surface area is 106 Å². The third-order valence-electron chi connectivity index (χ3n) is 3.01. The molecule has 0 aliphatic heterocycles. The van der Waals surface area contributed by atoms with Crippen LogP contribution in [0, 0.1) is 23.7 Å². The van der Waals surface area contributed by atoms with Crippen LogP contribution in [0.5, 0.6) is 0 Å². The minimum Gasteiger partial charge on any atom is -0.342 e. The molecule has 0 saturated carbocycles. The molecule has 0 aromatic heterocycles. The summed E-state index contributed by atoms with van der Waals surface area (Å²) in [6.07, 6.45) is 7.65. The molecule has 1 atom stereocenters. The molecule has 0 aromatic carbocycles. The van der Waals surface area contributed by atoms with E-state index in [9.17, 15) is 4.79 Å². The molecule has 0 spiro atoms. The SMILES string of the molecule is C#CC(NC(=O)CCC(C)(C)CCN)C(C)C. The van der Waals surface area contributed by atoms with Gasteiger partial charge >= 0.3 is 0 Å². The fourth-order valence-electron chi connectivity index (χ4n) is 1.61. The van der Waals surface area contributed by atoms with Crippen LogP contribution in [0.25, 0.3) is 0 Å². The maximum Gasteiger partial charge on any atom is 0.220 e. The lowest BCUT2D eigenvalue weighted by Crippen LogP contribution is -2.37. The predicted octanol–water partition coefficient (Wildman–Crippen LogP) is 1.92. The standard InChI is InChI=1S/C14H26N2O/c1-6-12(11(2)3)16-13(17)7-8-14(4,5)9-10-15/h1,11-12H,7-10,15H2,2-5H3,(H,16,17). The van der Waals surface area contributed by atoms with E-state index in [1.807, 2.05) is 13.8 Å². The zero-order chi connectivity index (χ0) is 13.5. The Bertz CT molecular complexity index is 276. The summed E-state index contributed by atoms with van der Waals surface area (Å²) in [7, 11) is 0. The second kappa shape index (κ2) is 7.34. The van der Waals surface area contributed by atoms with Crippen LogP contribution >= 0.6 is 0 Å². The molecular formula is C14H26N2O. The first-order chi connectivity index (χ1) is 7.82. The molecular weight excluding hydrogens is 212 g/mol. The Kier molecular flexibility index (Phi) is 6.91. The largest absolute Gasteiger partial charge is 0.342 e.